The van der Waals surface area contributed by atoms with Gasteiger partial charge in [-0.2, -0.15) is 0 Å². The van der Waals surface area contributed by atoms with E-state index in [0.717, 1.165) is 38.8 Å². The summed E-state index contributed by atoms with van der Waals surface area (Å²) >= 11 is 0. The lowest BCUT2D eigenvalue weighted by Gasteiger charge is -2.30. The standard InChI is InChI=1S/C42H84N2O6/c1-11-13-15-17-19-21-23-25-27-29-31-43(9)37(35-49-41(3,4)5)39(45)47-33-34-48-40(46)38(36-50-42(6,7)8)44(10)32-30-28-26-24-22-20-18-16-14-12-2/h37-38H,11-36H2,1-10H3/t37-,38-/m0/s1. The van der Waals surface area contributed by atoms with Crippen molar-refractivity contribution in [3.8, 4) is 0 Å². The SMILES string of the molecule is CCCCCCCCCCCCN(C)[C@@H](COC(C)(C)C)C(=O)OCCOC(=O)[C@H](COC(C)(C)C)N(C)CCCCCCCCCCCC. The number of carbonyl (C=O) groups is 2. The summed E-state index contributed by atoms with van der Waals surface area (Å²) in [5.41, 5.74) is -0.730. The van der Waals surface area contributed by atoms with Crippen LogP contribution in [0.3, 0.4) is 0 Å². The van der Waals surface area contributed by atoms with Crippen LogP contribution in [0, 0.1) is 0 Å². The highest BCUT2D eigenvalue weighted by atomic mass is 16.6. The number of nitrogens with zero attached hydrogens (tertiary/aromatic N) is 2. The van der Waals surface area contributed by atoms with Crippen LogP contribution < -0.4 is 0 Å². The zero-order valence-corrected chi connectivity index (χ0v) is 34.9. The van der Waals surface area contributed by atoms with Crippen molar-refractivity contribution < 1.29 is 28.5 Å². The third-order valence-corrected chi connectivity index (χ3v) is 9.26. The molecule has 0 spiro atoms. The van der Waals surface area contributed by atoms with E-state index >= 15 is 0 Å². The van der Waals surface area contributed by atoms with Crippen LogP contribution in [0.5, 0.6) is 0 Å². The molecule has 2 atom stereocenters. The van der Waals surface area contributed by atoms with Gasteiger partial charge < -0.3 is 18.9 Å². The van der Waals surface area contributed by atoms with Crippen LogP contribution in [0.1, 0.15) is 184 Å². The minimum atomic E-state index is -0.511. The lowest BCUT2D eigenvalue weighted by Crippen LogP contribution is -2.46. The summed E-state index contributed by atoms with van der Waals surface area (Å²) in [7, 11) is 3.94. The van der Waals surface area contributed by atoms with Gasteiger partial charge in [0.1, 0.15) is 25.3 Å². The molecule has 0 aliphatic rings. The molecule has 298 valence electrons. The molecule has 0 bridgehead atoms. The smallest absolute Gasteiger partial charge is 0.325 e. The molecular weight excluding hydrogens is 628 g/mol. The van der Waals surface area contributed by atoms with Crippen LogP contribution in [-0.4, -0.2) is 98.6 Å². The quantitative estimate of drug-likeness (QED) is 0.0492. The number of hydrogen-bond donors (Lipinski definition) is 0. The number of carbonyl (C=O) groups excluding carboxylic acids is 2. The van der Waals surface area contributed by atoms with E-state index in [2.05, 4.69) is 13.8 Å². The molecule has 0 N–H and O–H groups in total. The van der Waals surface area contributed by atoms with E-state index in [0.29, 0.717) is 0 Å². The van der Waals surface area contributed by atoms with Crippen molar-refractivity contribution in [2.45, 2.75) is 207 Å². The van der Waals surface area contributed by atoms with E-state index < -0.39 is 12.1 Å². The monoisotopic (exact) mass is 713 g/mol. The molecule has 0 aliphatic carbocycles. The number of unbranched alkanes of at least 4 members (excludes halogenated alkanes) is 18. The Bertz CT molecular complexity index is 743. The molecule has 0 heterocycles. The van der Waals surface area contributed by atoms with Crippen molar-refractivity contribution in [2.24, 2.45) is 0 Å². The predicted octanol–water partition coefficient (Wildman–Crippen LogP) is 10.1. The Hall–Kier alpha value is -1.22. The van der Waals surface area contributed by atoms with E-state index in [9.17, 15) is 9.59 Å². The van der Waals surface area contributed by atoms with Gasteiger partial charge in [-0.25, -0.2) is 0 Å². The molecule has 0 unspecified atom stereocenters. The fraction of sp³-hybridized carbons (Fsp3) is 0.952. The molecule has 0 aliphatic heterocycles. The minimum Gasteiger partial charge on any atom is -0.461 e. The van der Waals surface area contributed by atoms with E-state index in [-0.39, 0.29) is 49.6 Å². The van der Waals surface area contributed by atoms with E-state index in [1.165, 1.54) is 103 Å². The van der Waals surface area contributed by atoms with Crippen LogP contribution in [0.25, 0.3) is 0 Å². The van der Waals surface area contributed by atoms with Crippen molar-refractivity contribution >= 4 is 11.9 Å². The van der Waals surface area contributed by atoms with Gasteiger partial charge in [-0.1, -0.05) is 129 Å². The van der Waals surface area contributed by atoms with Gasteiger partial charge in [-0.05, 0) is 81.6 Å². The summed E-state index contributed by atoms with van der Waals surface area (Å²) in [5.74, 6) is -0.684. The topological polar surface area (TPSA) is 77.5 Å². The van der Waals surface area contributed by atoms with Crippen LogP contribution in [0.4, 0.5) is 0 Å². The average Bonchev–Trinajstić information content (AvgIpc) is 3.04. The summed E-state index contributed by atoms with van der Waals surface area (Å²) in [6.45, 7) is 18.6. The van der Waals surface area contributed by atoms with Gasteiger partial charge >= 0.3 is 11.9 Å². The predicted molar refractivity (Wildman–Crippen MR) is 210 cm³/mol. The van der Waals surface area contributed by atoms with Crippen LogP contribution in [0.15, 0.2) is 0 Å². The van der Waals surface area contributed by atoms with E-state index in [4.69, 9.17) is 18.9 Å². The van der Waals surface area contributed by atoms with Crippen molar-refractivity contribution in [3.63, 3.8) is 0 Å². The largest absolute Gasteiger partial charge is 0.461 e. The zero-order chi connectivity index (χ0) is 37.7. The molecule has 0 aromatic carbocycles. The first-order valence-corrected chi connectivity index (χ1v) is 20.7. The molecule has 0 aromatic heterocycles. The summed E-state index contributed by atoms with van der Waals surface area (Å²) in [5, 5.41) is 0. The van der Waals surface area contributed by atoms with Crippen molar-refractivity contribution in [1.29, 1.82) is 0 Å². The molecule has 8 nitrogen and oxygen atoms in total. The summed E-state index contributed by atoms with van der Waals surface area (Å²) in [6, 6.07) is -1.02. The molecular formula is C42H84N2O6. The second kappa shape index (κ2) is 30.3. The van der Waals surface area contributed by atoms with E-state index in [1.807, 2.05) is 65.4 Å². The van der Waals surface area contributed by atoms with Crippen molar-refractivity contribution in [1.82, 2.24) is 9.80 Å². The number of hydrogen-bond acceptors (Lipinski definition) is 8. The highest BCUT2D eigenvalue weighted by Gasteiger charge is 2.29. The first kappa shape index (κ1) is 48.8. The third-order valence-electron chi connectivity index (χ3n) is 9.26. The number of esters is 2. The van der Waals surface area contributed by atoms with Crippen LogP contribution in [0.2, 0.25) is 0 Å². The minimum absolute atomic E-state index is 0.0116. The van der Waals surface area contributed by atoms with Gasteiger partial charge in [0.05, 0.1) is 24.4 Å². The lowest BCUT2D eigenvalue weighted by atomic mass is 10.1. The van der Waals surface area contributed by atoms with Crippen molar-refractivity contribution in [2.75, 3.05) is 53.6 Å². The van der Waals surface area contributed by atoms with Gasteiger partial charge in [-0.15, -0.1) is 0 Å². The number of rotatable bonds is 33. The Morgan fingerprint density at radius 2 is 0.720 bits per heavy atom. The summed E-state index contributed by atoms with van der Waals surface area (Å²) in [4.78, 5) is 30.6. The van der Waals surface area contributed by atoms with Crippen LogP contribution >= 0.6 is 0 Å². The van der Waals surface area contributed by atoms with E-state index in [1.54, 1.807) is 0 Å². The Morgan fingerprint density at radius 1 is 0.460 bits per heavy atom. The first-order valence-electron chi connectivity index (χ1n) is 20.7. The molecule has 0 saturated heterocycles. The second-order valence-electron chi connectivity index (χ2n) is 16.5. The maximum absolute atomic E-state index is 13.2. The molecule has 0 fully saturated rings. The number of ether oxygens (including phenoxy) is 4. The molecule has 0 aromatic rings. The lowest BCUT2D eigenvalue weighted by molar-refractivity contribution is -0.163. The Kier molecular flexibility index (Phi) is 29.5. The van der Waals surface area contributed by atoms with Gasteiger partial charge in [0, 0.05) is 0 Å². The number of likely N-dealkylation sites (N-methyl/N-ethyl adjacent to an activating group) is 2. The van der Waals surface area contributed by atoms with Gasteiger partial charge in [0.2, 0.25) is 0 Å². The highest BCUT2D eigenvalue weighted by Crippen LogP contribution is 2.16. The van der Waals surface area contributed by atoms with Gasteiger partial charge in [0.25, 0.3) is 0 Å². The molecule has 0 rings (SSSR count). The maximum atomic E-state index is 13.2. The highest BCUT2D eigenvalue weighted by molar-refractivity contribution is 5.76. The molecule has 0 amide bonds. The van der Waals surface area contributed by atoms with Crippen molar-refractivity contribution in [3.05, 3.63) is 0 Å². The average molecular weight is 713 g/mol. The molecule has 0 saturated carbocycles. The summed E-state index contributed by atoms with van der Waals surface area (Å²) < 4.78 is 23.3. The fourth-order valence-electron chi connectivity index (χ4n) is 5.89. The Labute approximate surface area is 310 Å². The third kappa shape index (κ3) is 29.4. The normalized spacial score (nSPS) is 13.6. The Morgan fingerprint density at radius 3 is 0.980 bits per heavy atom. The van der Waals surface area contributed by atoms with Crippen LogP contribution in [-0.2, 0) is 28.5 Å². The van der Waals surface area contributed by atoms with Gasteiger partial charge in [-0.3, -0.25) is 19.4 Å². The van der Waals surface area contributed by atoms with Gasteiger partial charge in [0.15, 0.2) is 0 Å². The maximum Gasteiger partial charge on any atom is 0.325 e. The molecule has 50 heavy (non-hydrogen) atoms. The second-order valence-corrected chi connectivity index (χ2v) is 16.5. The summed E-state index contributed by atoms with van der Waals surface area (Å²) in [6.07, 6.45) is 25.5. The Balaban J connectivity index is 4.77. The fourth-order valence-corrected chi connectivity index (χ4v) is 5.89. The first-order chi connectivity index (χ1) is 23.7. The molecule has 0 radical (unpaired) electrons. The molecule has 8 heteroatoms. The zero-order valence-electron chi connectivity index (χ0n) is 34.9.